The molecule has 0 saturated heterocycles. The van der Waals surface area contributed by atoms with Gasteiger partial charge in [0.2, 0.25) is 5.91 Å². The van der Waals surface area contributed by atoms with E-state index < -0.39 is 0 Å². The molecule has 5 nitrogen and oxygen atoms in total. The van der Waals surface area contributed by atoms with Crippen molar-refractivity contribution in [2.45, 2.75) is 11.7 Å². The fourth-order valence-corrected chi connectivity index (χ4v) is 3.58. The van der Waals surface area contributed by atoms with Crippen molar-refractivity contribution in [3.63, 3.8) is 0 Å². The highest BCUT2D eigenvalue weighted by molar-refractivity contribution is 9.10. The summed E-state index contributed by atoms with van der Waals surface area (Å²) in [6.07, 6.45) is 0. The van der Waals surface area contributed by atoms with Crippen LogP contribution in [0.5, 0.6) is 0 Å². The summed E-state index contributed by atoms with van der Waals surface area (Å²) in [7, 11) is 3.73. The monoisotopic (exact) mass is 430 g/mol. The Morgan fingerprint density at radius 1 is 1.12 bits per heavy atom. The standard InChI is InChI=1S/C19H19BrN4OS/c1-23(12-14-8-10-16(20)11-9-14)17(25)13-26-19-22-21-18(24(19)2)15-6-4-3-5-7-15/h3-11H,12-13H2,1-2H3. The van der Waals surface area contributed by atoms with Crippen molar-refractivity contribution in [1.82, 2.24) is 19.7 Å². The number of hydrogen-bond acceptors (Lipinski definition) is 4. The molecule has 3 rings (SSSR count). The van der Waals surface area contributed by atoms with Crippen LogP contribution in [0.4, 0.5) is 0 Å². The minimum Gasteiger partial charge on any atom is -0.341 e. The summed E-state index contributed by atoms with van der Waals surface area (Å²) in [5.74, 6) is 1.18. The molecule has 134 valence electrons. The summed E-state index contributed by atoms with van der Waals surface area (Å²) >= 11 is 4.82. The van der Waals surface area contributed by atoms with Gasteiger partial charge in [0, 0.05) is 30.7 Å². The maximum absolute atomic E-state index is 12.4. The molecule has 0 radical (unpaired) electrons. The molecule has 0 aliphatic rings. The largest absolute Gasteiger partial charge is 0.341 e. The molecule has 3 aromatic rings. The van der Waals surface area contributed by atoms with E-state index in [0.717, 1.165) is 26.6 Å². The topological polar surface area (TPSA) is 51.0 Å². The number of aromatic nitrogens is 3. The molecule has 1 heterocycles. The summed E-state index contributed by atoms with van der Waals surface area (Å²) in [5.41, 5.74) is 2.10. The third kappa shape index (κ3) is 4.53. The molecule has 0 spiro atoms. The molecule has 26 heavy (non-hydrogen) atoms. The van der Waals surface area contributed by atoms with Crippen LogP contribution in [0.3, 0.4) is 0 Å². The van der Waals surface area contributed by atoms with E-state index in [4.69, 9.17) is 0 Å². The average Bonchev–Trinajstić information content (AvgIpc) is 3.03. The van der Waals surface area contributed by atoms with E-state index in [1.807, 2.05) is 73.3 Å². The predicted octanol–water partition coefficient (Wildman–Crippen LogP) is 4.00. The molecule has 0 unspecified atom stereocenters. The lowest BCUT2D eigenvalue weighted by molar-refractivity contribution is -0.127. The molecule has 0 saturated carbocycles. The van der Waals surface area contributed by atoms with Gasteiger partial charge in [-0.3, -0.25) is 4.79 Å². The van der Waals surface area contributed by atoms with Crippen LogP contribution >= 0.6 is 27.7 Å². The van der Waals surface area contributed by atoms with Gasteiger partial charge in [-0.1, -0.05) is 70.2 Å². The Balaban J connectivity index is 1.59. The van der Waals surface area contributed by atoms with Gasteiger partial charge in [0.25, 0.3) is 0 Å². The zero-order valence-electron chi connectivity index (χ0n) is 14.6. The molecular formula is C19H19BrN4OS. The van der Waals surface area contributed by atoms with Gasteiger partial charge in [0.1, 0.15) is 0 Å². The number of carbonyl (C=O) groups excluding carboxylic acids is 1. The van der Waals surface area contributed by atoms with E-state index in [9.17, 15) is 4.79 Å². The number of carbonyl (C=O) groups is 1. The van der Waals surface area contributed by atoms with E-state index >= 15 is 0 Å². The van der Waals surface area contributed by atoms with Crippen LogP contribution in [-0.2, 0) is 18.4 Å². The average molecular weight is 431 g/mol. The number of halogens is 1. The van der Waals surface area contributed by atoms with Gasteiger partial charge in [-0.25, -0.2) is 0 Å². The molecule has 7 heteroatoms. The SMILES string of the molecule is CN(Cc1ccc(Br)cc1)C(=O)CSc1nnc(-c2ccccc2)n1C. The fourth-order valence-electron chi connectivity index (χ4n) is 2.47. The third-order valence-corrected chi connectivity index (χ3v) is 5.48. The Labute approximate surface area is 165 Å². The van der Waals surface area contributed by atoms with Crippen molar-refractivity contribution >= 4 is 33.6 Å². The second kappa shape index (κ2) is 8.51. The third-order valence-electron chi connectivity index (χ3n) is 3.95. The number of nitrogens with zero attached hydrogens (tertiary/aromatic N) is 4. The van der Waals surface area contributed by atoms with Crippen molar-refractivity contribution in [2.75, 3.05) is 12.8 Å². The van der Waals surface area contributed by atoms with Crippen LogP contribution in [0.2, 0.25) is 0 Å². The van der Waals surface area contributed by atoms with Gasteiger partial charge in [0.05, 0.1) is 5.75 Å². The van der Waals surface area contributed by atoms with Gasteiger partial charge in [-0.2, -0.15) is 0 Å². The zero-order chi connectivity index (χ0) is 18.5. The Hall–Kier alpha value is -2.12. The summed E-state index contributed by atoms with van der Waals surface area (Å²) in [5, 5.41) is 9.20. The highest BCUT2D eigenvalue weighted by Crippen LogP contribution is 2.22. The Bertz CT molecular complexity index is 880. The number of amides is 1. The van der Waals surface area contributed by atoms with Crippen LogP contribution in [0.25, 0.3) is 11.4 Å². The number of rotatable bonds is 6. The molecule has 1 aromatic heterocycles. The van der Waals surface area contributed by atoms with Gasteiger partial charge in [0.15, 0.2) is 11.0 Å². The van der Waals surface area contributed by atoms with E-state index in [1.165, 1.54) is 11.8 Å². The van der Waals surface area contributed by atoms with Crippen molar-refractivity contribution in [3.05, 3.63) is 64.6 Å². The first-order valence-electron chi connectivity index (χ1n) is 8.10. The molecule has 0 fully saturated rings. The van der Waals surface area contributed by atoms with Crippen LogP contribution in [0.1, 0.15) is 5.56 Å². The smallest absolute Gasteiger partial charge is 0.233 e. The first-order chi connectivity index (χ1) is 12.5. The lowest BCUT2D eigenvalue weighted by Gasteiger charge is -2.17. The first-order valence-corrected chi connectivity index (χ1v) is 9.88. The van der Waals surface area contributed by atoms with Crippen LogP contribution in [-0.4, -0.2) is 38.4 Å². The number of hydrogen-bond donors (Lipinski definition) is 0. The highest BCUT2D eigenvalue weighted by atomic mass is 79.9. The second-order valence-corrected chi connectivity index (χ2v) is 7.75. The first kappa shape index (κ1) is 18.7. The van der Waals surface area contributed by atoms with Crippen molar-refractivity contribution in [3.8, 4) is 11.4 Å². The van der Waals surface area contributed by atoms with Crippen molar-refractivity contribution in [1.29, 1.82) is 0 Å². The van der Waals surface area contributed by atoms with Crippen LogP contribution in [0.15, 0.2) is 64.2 Å². The Morgan fingerprint density at radius 3 is 2.50 bits per heavy atom. The second-order valence-electron chi connectivity index (χ2n) is 5.90. The van der Waals surface area contributed by atoms with Crippen molar-refractivity contribution < 1.29 is 4.79 Å². The molecule has 0 atom stereocenters. The minimum atomic E-state index is 0.0576. The molecule has 0 aliphatic heterocycles. The summed E-state index contributed by atoms with van der Waals surface area (Å²) in [6, 6.07) is 17.9. The molecular weight excluding hydrogens is 412 g/mol. The van der Waals surface area contributed by atoms with E-state index in [1.54, 1.807) is 4.90 Å². The van der Waals surface area contributed by atoms with Crippen LogP contribution in [0, 0.1) is 0 Å². The maximum atomic E-state index is 12.4. The summed E-state index contributed by atoms with van der Waals surface area (Å²) in [4.78, 5) is 14.1. The Kier molecular flexibility index (Phi) is 6.11. The van der Waals surface area contributed by atoms with Gasteiger partial charge in [-0.05, 0) is 17.7 Å². The molecule has 0 bridgehead atoms. The Morgan fingerprint density at radius 2 is 1.81 bits per heavy atom. The molecule has 1 amide bonds. The van der Waals surface area contributed by atoms with Gasteiger partial charge in [-0.15, -0.1) is 10.2 Å². The normalized spacial score (nSPS) is 10.7. The molecule has 0 aliphatic carbocycles. The maximum Gasteiger partial charge on any atom is 0.233 e. The van der Waals surface area contributed by atoms with Crippen molar-refractivity contribution in [2.24, 2.45) is 7.05 Å². The van der Waals surface area contributed by atoms with Crippen LogP contribution < -0.4 is 0 Å². The zero-order valence-corrected chi connectivity index (χ0v) is 17.0. The number of thioether (sulfide) groups is 1. The lowest BCUT2D eigenvalue weighted by atomic mass is 10.2. The highest BCUT2D eigenvalue weighted by Gasteiger charge is 2.15. The summed E-state index contributed by atoms with van der Waals surface area (Å²) < 4.78 is 2.95. The van der Waals surface area contributed by atoms with E-state index in [0.29, 0.717) is 12.3 Å². The van der Waals surface area contributed by atoms with Gasteiger partial charge < -0.3 is 9.47 Å². The molecule has 0 N–H and O–H groups in total. The fraction of sp³-hybridized carbons (Fsp3) is 0.211. The number of benzene rings is 2. The quantitative estimate of drug-likeness (QED) is 0.554. The minimum absolute atomic E-state index is 0.0576. The predicted molar refractivity (Wildman–Crippen MR) is 108 cm³/mol. The summed E-state index contributed by atoms with van der Waals surface area (Å²) in [6.45, 7) is 0.584. The van der Waals surface area contributed by atoms with E-state index in [-0.39, 0.29) is 5.91 Å². The van der Waals surface area contributed by atoms with Gasteiger partial charge >= 0.3 is 0 Å². The molecule has 2 aromatic carbocycles. The lowest BCUT2D eigenvalue weighted by Crippen LogP contribution is -2.27. The van der Waals surface area contributed by atoms with E-state index in [2.05, 4.69) is 26.1 Å².